The Balaban J connectivity index is 1.60. The zero-order chi connectivity index (χ0) is 18.5. The molecule has 3 rings (SSSR count). The van der Waals surface area contributed by atoms with Gasteiger partial charge in [-0.25, -0.2) is 4.39 Å². The molecule has 1 heterocycles. The molecule has 0 saturated carbocycles. The van der Waals surface area contributed by atoms with Gasteiger partial charge in [-0.05, 0) is 50.2 Å². The maximum atomic E-state index is 13.9. The number of benzene rings is 2. The van der Waals surface area contributed by atoms with Crippen LogP contribution in [0, 0.1) is 5.82 Å². The van der Waals surface area contributed by atoms with Crippen molar-refractivity contribution in [2.75, 3.05) is 27.2 Å². The van der Waals surface area contributed by atoms with Gasteiger partial charge in [-0.1, -0.05) is 24.3 Å². The zero-order valence-electron chi connectivity index (χ0n) is 15.5. The van der Waals surface area contributed by atoms with Crippen LogP contribution in [-0.4, -0.2) is 48.2 Å². The van der Waals surface area contributed by atoms with Crippen LogP contribution in [0.2, 0.25) is 0 Å². The van der Waals surface area contributed by atoms with Crippen LogP contribution in [0.4, 0.5) is 4.39 Å². The molecule has 4 nitrogen and oxygen atoms in total. The van der Waals surface area contributed by atoms with E-state index in [1.54, 1.807) is 25.3 Å². The van der Waals surface area contributed by atoms with Gasteiger partial charge in [-0.2, -0.15) is 0 Å². The number of phenolic OH excluding ortho intramolecular Hbond substituents is 1. The topological polar surface area (TPSA) is 35.9 Å². The molecule has 140 valence electrons. The number of ether oxygens (including phenoxy) is 1. The Morgan fingerprint density at radius 1 is 1.27 bits per heavy atom. The monoisotopic (exact) mass is 358 g/mol. The van der Waals surface area contributed by atoms with Gasteiger partial charge in [0.2, 0.25) is 0 Å². The SMILES string of the molecule is COc1ccc(CN(C)C2CCCN(Cc3ccccc3F)C2)cc1O. The minimum atomic E-state index is -0.128. The number of methoxy groups -OCH3 is 1. The first-order valence-electron chi connectivity index (χ1n) is 9.08. The summed E-state index contributed by atoms with van der Waals surface area (Å²) in [5.41, 5.74) is 1.81. The Hall–Kier alpha value is -2.11. The molecule has 1 unspecified atom stereocenters. The summed E-state index contributed by atoms with van der Waals surface area (Å²) in [5.74, 6) is 0.532. The molecule has 0 bridgehead atoms. The number of hydrogen-bond donors (Lipinski definition) is 1. The average Bonchev–Trinajstić information content (AvgIpc) is 2.64. The van der Waals surface area contributed by atoms with Crippen LogP contribution < -0.4 is 4.74 Å². The van der Waals surface area contributed by atoms with Crippen LogP contribution in [-0.2, 0) is 13.1 Å². The third-order valence-electron chi connectivity index (χ3n) is 5.13. The smallest absolute Gasteiger partial charge is 0.160 e. The van der Waals surface area contributed by atoms with Crippen molar-refractivity contribution in [2.45, 2.75) is 32.0 Å². The van der Waals surface area contributed by atoms with Gasteiger partial charge in [-0.3, -0.25) is 9.80 Å². The fraction of sp³-hybridized carbons (Fsp3) is 0.429. The van der Waals surface area contributed by atoms with E-state index in [1.807, 2.05) is 18.2 Å². The highest BCUT2D eigenvalue weighted by Gasteiger charge is 2.24. The first kappa shape index (κ1) is 18.7. The first-order chi connectivity index (χ1) is 12.6. The second-order valence-corrected chi connectivity index (χ2v) is 7.04. The zero-order valence-corrected chi connectivity index (χ0v) is 15.5. The van der Waals surface area contributed by atoms with Crippen LogP contribution in [0.1, 0.15) is 24.0 Å². The molecule has 1 aliphatic rings. The quantitative estimate of drug-likeness (QED) is 0.855. The number of hydrogen-bond acceptors (Lipinski definition) is 4. The van der Waals surface area contributed by atoms with E-state index >= 15 is 0 Å². The molecule has 0 aromatic heterocycles. The van der Waals surface area contributed by atoms with Gasteiger partial charge in [0.05, 0.1) is 7.11 Å². The maximum Gasteiger partial charge on any atom is 0.160 e. The van der Waals surface area contributed by atoms with Crippen LogP contribution in [0.5, 0.6) is 11.5 Å². The fourth-order valence-corrected chi connectivity index (χ4v) is 3.65. The van der Waals surface area contributed by atoms with Gasteiger partial charge < -0.3 is 9.84 Å². The Morgan fingerprint density at radius 3 is 2.81 bits per heavy atom. The van der Waals surface area contributed by atoms with Crippen molar-refractivity contribution >= 4 is 0 Å². The van der Waals surface area contributed by atoms with E-state index in [1.165, 1.54) is 6.07 Å². The second kappa shape index (κ2) is 8.52. The molecule has 1 N–H and O–H groups in total. The number of halogens is 1. The van der Waals surface area contributed by atoms with E-state index in [0.717, 1.165) is 43.6 Å². The summed E-state index contributed by atoms with van der Waals surface area (Å²) in [5, 5.41) is 9.96. The Bertz CT molecular complexity index is 738. The second-order valence-electron chi connectivity index (χ2n) is 7.04. The van der Waals surface area contributed by atoms with Gasteiger partial charge in [0.15, 0.2) is 11.5 Å². The lowest BCUT2D eigenvalue weighted by Gasteiger charge is -2.37. The number of aromatic hydroxyl groups is 1. The third-order valence-corrected chi connectivity index (χ3v) is 5.13. The minimum absolute atomic E-state index is 0.128. The lowest BCUT2D eigenvalue weighted by Crippen LogP contribution is -2.45. The summed E-state index contributed by atoms with van der Waals surface area (Å²) in [6.45, 7) is 3.34. The predicted molar refractivity (Wildman–Crippen MR) is 101 cm³/mol. The van der Waals surface area contributed by atoms with Crippen molar-refractivity contribution in [2.24, 2.45) is 0 Å². The molecular weight excluding hydrogens is 331 g/mol. The molecule has 2 aromatic rings. The van der Waals surface area contributed by atoms with Crippen molar-refractivity contribution in [3.8, 4) is 11.5 Å². The Kier molecular flexibility index (Phi) is 6.12. The molecule has 0 radical (unpaired) electrons. The highest BCUT2D eigenvalue weighted by Crippen LogP contribution is 2.27. The average molecular weight is 358 g/mol. The van der Waals surface area contributed by atoms with Crippen LogP contribution in [0.3, 0.4) is 0 Å². The van der Waals surface area contributed by atoms with Gasteiger partial charge in [0.25, 0.3) is 0 Å². The number of phenols is 1. The van der Waals surface area contributed by atoms with Crippen LogP contribution in [0.25, 0.3) is 0 Å². The van der Waals surface area contributed by atoms with Crippen molar-refractivity contribution in [3.63, 3.8) is 0 Å². The Labute approximate surface area is 154 Å². The Morgan fingerprint density at radius 2 is 2.08 bits per heavy atom. The van der Waals surface area contributed by atoms with E-state index in [-0.39, 0.29) is 11.6 Å². The van der Waals surface area contributed by atoms with Crippen molar-refractivity contribution in [1.29, 1.82) is 0 Å². The molecule has 1 fully saturated rings. The molecule has 2 aromatic carbocycles. The number of likely N-dealkylation sites (tertiary alicyclic amines) is 1. The number of rotatable bonds is 6. The van der Waals surface area contributed by atoms with Crippen LogP contribution in [0.15, 0.2) is 42.5 Å². The summed E-state index contributed by atoms with van der Waals surface area (Å²) in [6, 6.07) is 13.0. The van der Waals surface area contributed by atoms with Crippen molar-refractivity contribution in [1.82, 2.24) is 9.80 Å². The minimum Gasteiger partial charge on any atom is -0.504 e. The molecule has 1 atom stereocenters. The third kappa shape index (κ3) is 4.54. The van der Waals surface area contributed by atoms with Crippen LogP contribution >= 0.6 is 0 Å². The van der Waals surface area contributed by atoms with Gasteiger partial charge in [0, 0.05) is 31.2 Å². The summed E-state index contributed by atoms with van der Waals surface area (Å²) in [4.78, 5) is 4.64. The van der Waals surface area contributed by atoms with Gasteiger partial charge >= 0.3 is 0 Å². The molecule has 26 heavy (non-hydrogen) atoms. The lowest BCUT2D eigenvalue weighted by molar-refractivity contribution is 0.106. The number of nitrogens with zero attached hydrogens (tertiary/aromatic N) is 2. The molecule has 0 aliphatic carbocycles. The summed E-state index contributed by atoms with van der Waals surface area (Å²) in [7, 11) is 3.66. The molecule has 1 aliphatic heterocycles. The predicted octanol–water partition coefficient (Wildman–Crippen LogP) is 3.64. The maximum absolute atomic E-state index is 13.9. The van der Waals surface area contributed by atoms with E-state index in [2.05, 4.69) is 16.8 Å². The van der Waals surface area contributed by atoms with E-state index < -0.39 is 0 Å². The molecular formula is C21H27FN2O2. The fourth-order valence-electron chi connectivity index (χ4n) is 3.65. The highest BCUT2D eigenvalue weighted by atomic mass is 19.1. The lowest BCUT2D eigenvalue weighted by atomic mass is 10.0. The summed E-state index contributed by atoms with van der Waals surface area (Å²) in [6.07, 6.45) is 2.24. The van der Waals surface area contributed by atoms with Gasteiger partial charge in [0.1, 0.15) is 5.82 Å². The standard InChI is InChI=1S/C21H27FN2O2/c1-23(13-16-9-10-21(26-2)20(25)12-16)18-7-5-11-24(15-18)14-17-6-3-4-8-19(17)22/h3-4,6,8-10,12,18,25H,5,7,11,13-15H2,1-2H3. The molecule has 0 amide bonds. The summed E-state index contributed by atoms with van der Waals surface area (Å²) >= 11 is 0. The van der Waals surface area contributed by atoms with Gasteiger partial charge in [-0.15, -0.1) is 0 Å². The number of piperidine rings is 1. The summed E-state index contributed by atoms with van der Waals surface area (Å²) < 4.78 is 19.0. The first-order valence-corrected chi connectivity index (χ1v) is 9.08. The van der Waals surface area contributed by atoms with E-state index in [4.69, 9.17) is 4.74 Å². The van der Waals surface area contributed by atoms with Crippen molar-refractivity contribution < 1.29 is 14.2 Å². The molecule has 0 spiro atoms. The van der Waals surface area contributed by atoms with E-state index in [9.17, 15) is 9.50 Å². The molecule has 1 saturated heterocycles. The van der Waals surface area contributed by atoms with E-state index in [0.29, 0.717) is 18.3 Å². The largest absolute Gasteiger partial charge is 0.504 e. The number of likely N-dealkylation sites (N-methyl/N-ethyl adjacent to an activating group) is 1. The molecule has 5 heteroatoms. The normalized spacial score (nSPS) is 18.2. The van der Waals surface area contributed by atoms with Crippen molar-refractivity contribution in [3.05, 3.63) is 59.4 Å². The highest BCUT2D eigenvalue weighted by molar-refractivity contribution is 5.41.